The van der Waals surface area contributed by atoms with Gasteiger partial charge in [0.05, 0.1) is 18.2 Å². The van der Waals surface area contributed by atoms with Crippen LogP contribution < -0.4 is 16.0 Å². The first kappa shape index (κ1) is 25.1. The van der Waals surface area contributed by atoms with E-state index in [0.29, 0.717) is 31.2 Å². The summed E-state index contributed by atoms with van der Waals surface area (Å²) >= 11 is 0. The van der Waals surface area contributed by atoms with E-state index in [1.54, 1.807) is 0 Å². The molecule has 1 unspecified atom stereocenters. The van der Waals surface area contributed by atoms with Gasteiger partial charge in [0.25, 0.3) is 5.91 Å². The van der Waals surface area contributed by atoms with Gasteiger partial charge in [-0.25, -0.2) is 4.99 Å². The fraction of sp³-hybridized carbons (Fsp3) is 0.667. The number of nitrogens with zero attached hydrogens (tertiary/aromatic N) is 1. The number of hydrogen-bond donors (Lipinski definition) is 4. The van der Waals surface area contributed by atoms with Crippen molar-refractivity contribution in [1.29, 1.82) is 0 Å². The van der Waals surface area contributed by atoms with Gasteiger partial charge in [-0.05, 0) is 50.3 Å². The lowest BCUT2D eigenvalue weighted by atomic mass is 9.93. The third-order valence-electron chi connectivity index (χ3n) is 5.48. The molecular weight excluding hydrogens is 392 g/mol. The minimum absolute atomic E-state index is 0.0874. The lowest BCUT2D eigenvalue weighted by Crippen LogP contribution is -2.47. The Balaban J connectivity index is 1.95. The van der Waals surface area contributed by atoms with E-state index in [1.165, 1.54) is 0 Å². The second kappa shape index (κ2) is 13.3. The molecule has 1 aliphatic heterocycles. The Bertz CT molecular complexity index is 696. The minimum Gasteiger partial charge on any atom is -0.388 e. The third-order valence-corrected chi connectivity index (χ3v) is 5.48. The number of nitrogens with one attached hydrogen (secondary N) is 3. The van der Waals surface area contributed by atoms with E-state index in [0.717, 1.165) is 57.2 Å². The molecule has 0 aliphatic carbocycles. The molecule has 1 aliphatic rings. The van der Waals surface area contributed by atoms with Crippen LogP contribution in [0.25, 0.3) is 0 Å². The van der Waals surface area contributed by atoms with Crippen LogP contribution in [0.1, 0.15) is 75.2 Å². The maximum absolute atomic E-state index is 12.5. The summed E-state index contributed by atoms with van der Waals surface area (Å²) in [6.45, 7) is 9.17. The molecule has 0 aromatic heterocycles. The molecule has 0 radical (unpaired) electrons. The van der Waals surface area contributed by atoms with E-state index in [2.05, 4.69) is 34.8 Å². The van der Waals surface area contributed by atoms with Gasteiger partial charge in [0.2, 0.25) is 0 Å². The quantitative estimate of drug-likeness (QED) is 0.301. The van der Waals surface area contributed by atoms with Gasteiger partial charge in [-0.1, -0.05) is 38.8 Å². The highest BCUT2D eigenvalue weighted by atomic mass is 16.5. The first-order valence-electron chi connectivity index (χ1n) is 11.7. The van der Waals surface area contributed by atoms with Gasteiger partial charge in [-0.3, -0.25) is 4.79 Å². The van der Waals surface area contributed by atoms with Crippen LogP contribution in [0.5, 0.6) is 0 Å². The molecule has 1 aromatic rings. The Hall–Kier alpha value is -2.12. The molecule has 1 amide bonds. The van der Waals surface area contributed by atoms with Crippen molar-refractivity contribution in [2.45, 2.75) is 77.5 Å². The number of rotatable bonds is 12. The van der Waals surface area contributed by atoms with Crippen LogP contribution >= 0.6 is 0 Å². The highest BCUT2D eigenvalue weighted by molar-refractivity contribution is 5.94. The van der Waals surface area contributed by atoms with Crippen LogP contribution in [0, 0.1) is 0 Å². The monoisotopic (exact) mass is 432 g/mol. The summed E-state index contributed by atoms with van der Waals surface area (Å²) in [4.78, 5) is 17.1. The van der Waals surface area contributed by atoms with Gasteiger partial charge in [0.15, 0.2) is 5.96 Å². The molecule has 31 heavy (non-hydrogen) atoms. The molecule has 7 nitrogen and oxygen atoms in total. The summed E-state index contributed by atoms with van der Waals surface area (Å²) in [5, 5.41) is 20.3. The van der Waals surface area contributed by atoms with Gasteiger partial charge in [-0.2, -0.15) is 0 Å². The molecule has 1 aromatic carbocycles. The molecule has 174 valence electrons. The van der Waals surface area contributed by atoms with Crippen molar-refractivity contribution in [3.63, 3.8) is 0 Å². The smallest absolute Gasteiger partial charge is 0.251 e. The molecule has 0 saturated carbocycles. The highest BCUT2D eigenvalue weighted by Gasteiger charge is 2.25. The molecule has 1 atom stereocenters. The van der Waals surface area contributed by atoms with E-state index >= 15 is 0 Å². The topological polar surface area (TPSA) is 95.0 Å². The largest absolute Gasteiger partial charge is 0.388 e. The molecule has 2 rings (SSSR count). The first-order valence-corrected chi connectivity index (χ1v) is 11.7. The van der Waals surface area contributed by atoms with Crippen molar-refractivity contribution in [3.05, 3.63) is 35.4 Å². The summed E-state index contributed by atoms with van der Waals surface area (Å²) in [6.07, 6.45) is 5.59. The molecule has 1 fully saturated rings. The van der Waals surface area contributed by atoms with E-state index in [1.807, 2.05) is 31.2 Å². The van der Waals surface area contributed by atoms with Crippen molar-refractivity contribution in [2.75, 3.05) is 26.2 Å². The second-order valence-corrected chi connectivity index (χ2v) is 8.32. The maximum Gasteiger partial charge on any atom is 0.251 e. The minimum atomic E-state index is -0.721. The summed E-state index contributed by atoms with van der Waals surface area (Å²) in [7, 11) is 0. The van der Waals surface area contributed by atoms with Crippen LogP contribution in [0.3, 0.4) is 0 Å². The molecule has 0 spiro atoms. The predicted octanol–water partition coefficient (Wildman–Crippen LogP) is 2.98. The first-order chi connectivity index (χ1) is 15.0. The van der Waals surface area contributed by atoms with Crippen LogP contribution in [-0.2, 0) is 11.3 Å². The lowest BCUT2D eigenvalue weighted by Gasteiger charge is -2.28. The van der Waals surface area contributed by atoms with E-state index in [-0.39, 0.29) is 12.0 Å². The van der Waals surface area contributed by atoms with Crippen LogP contribution in [0.2, 0.25) is 0 Å². The molecule has 7 heteroatoms. The van der Waals surface area contributed by atoms with Gasteiger partial charge in [0, 0.05) is 31.8 Å². The fourth-order valence-electron chi connectivity index (χ4n) is 3.92. The van der Waals surface area contributed by atoms with Crippen molar-refractivity contribution < 1.29 is 14.6 Å². The Labute approximate surface area is 187 Å². The van der Waals surface area contributed by atoms with Crippen molar-refractivity contribution in [3.8, 4) is 0 Å². The summed E-state index contributed by atoms with van der Waals surface area (Å²) < 4.78 is 5.56. The number of benzene rings is 1. The molecular formula is C24H40N4O3. The molecule has 1 heterocycles. The molecule has 4 N–H and O–H groups in total. The zero-order valence-corrected chi connectivity index (χ0v) is 19.4. The zero-order valence-electron chi connectivity index (χ0n) is 19.4. The van der Waals surface area contributed by atoms with E-state index in [4.69, 9.17) is 4.74 Å². The number of ether oxygens (including phenoxy) is 1. The summed E-state index contributed by atoms with van der Waals surface area (Å²) in [5.41, 5.74) is 0.865. The number of aliphatic imine (C=N–C) groups is 1. The normalized spacial score (nSPS) is 16.9. The molecule has 0 bridgehead atoms. The highest BCUT2D eigenvalue weighted by Crippen LogP contribution is 2.18. The van der Waals surface area contributed by atoms with Crippen LogP contribution in [0.15, 0.2) is 29.3 Å². The summed E-state index contributed by atoms with van der Waals surface area (Å²) in [5.74, 6) is 0.580. The van der Waals surface area contributed by atoms with Gasteiger partial charge in [-0.15, -0.1) is 0 Å². The molecule has 1 saturated heterocycles. The number of amides is 1. The zero-order chi connectivity index (χ0) is 22.5. The van der Waals surface area contributed by atoms with Crippen LogP contribution in [-0.4, -0.2) is 54.9 Å². The number of carbonyl (C=O) groups excluding carboxylic acids is 1. The Morgan fingerprint density at radius 2 is 1.97 bits per heavy atom. The fourth-order valence-corrected chi connectivity index (χ4v) is 3.92. The second-order valence-electron chi connectivity index (χ2n) is 8.32. The number of hydrogen-bond acceptors (Lipinski definition) is 4. The Morgan fingerprint density at radius 1 is 1.19 bits per heavy atom. The van der Waals surface area contributed by atoms with Gasteiger partial charge >= 0.3 is 0 Å². The van der Waals surface area contributed by atoms with Crippen LogP contribution in [0.4, 0.5) is 0 Å². The maximum atomic E-state index is 12.5. The number of carbonyl (C=O) groups is 1. The Kier molecular flexibility index (Phi) is 10.8. The van der Waals surface area contributed by atoms with Crippen molar-refractivity contribution in [2.24, 2.45) is 4.99 Å². The lowest BCUT2D eigenvalue weighted by molar-refractivity contribution is 0.0257. The third kappa shape index (κ3) is 8.87. The predicted molar refractivity (Wildman–Crippen MR) is 125 cm³/mol. The average molecular weight is 433 g/mol. The van der Waals surface area contributed by atoms with Crippen molar-refractivity contribution in [1.82, 2.24) is 16.0 Å². The number of guanidine groups is 1. The Morgan fingerprint density at radius 3 is 2.61 bits per heavy atom. The number of aliphatic hydroxyl groups is 1. The van der Waals surface area contributed by atoms with E-state index < -0.39 is 5.60 Å². The standard InChI is InChI=1S/C24H40N4O3/c1-4-12-24(30,13-5-2)18-28-23(25-6-3)27-16-19-9-7-10-20(15-19)22(29)26-17-21-11-8-14-31-21/h7,9-10,15,21,30H,4-6,8,11-14,16-18H2,1-3H3,(H,26,29)(H2,25,27,28). The van der Waals surface area contributed by atoms with Gasteiger partial charge in [0.1, 0.15) is 0 Å². The van der Waals surface area contributed by atoms with E-state index in [9.17, 15) is 9.90 Å². The van der Waals surface area contributed by atoms with Crippen molar-refractivity contribution >= 4 is 11.9 Å². The average Bonchev–Trinajstić information content (AvgIpc) is 3.28. The SMILES string of the molecule is CCCC(O)(CCC)CNC(=NCc1cccc(C(=O)NCC2CCCO2)c1)NCC. The summed E-state index contributed by atoms with van der Waals surface area (Å²) in [6, 6.07) is 7.54. The van der Waals surface area contributed by atoms with Gasteiger partial charge < -0.3 is 25.8 Å².